The summed E-state index contributed by atoms with van der Waals surface area (Å²) in [6.07, 6.45) is 0.384. The molecule has 128 valence electrons. The quantitative estimate of drug-likeness (QED) is 0.790. The van der Waals surface area contributed by atoms with Gasteiger partial charge in [0.1, 0.15) is 5.75 Å². The average molecular weight is 368 g/mol. The van der Waals surface area contributed by atoms with Gasteiger partial charge in [0.05, 0.1) is 6.26 Å². The summed E-state index contributed by atoms with van der Waals surface area (Å²) in [5.74, 6) is 0.394. The smallest absolute Gasteiger partial charge is 0.229 e. The van der Waals surface area contributed by atoms with Crippen molar-refractivity contribution < 1.29 is 17.9 Å². The van der Waals surface area contributed by atoms with Crippen molar-refractivity contribution in [2.45, 2.75) is 20.0 Å². The highest BCUT2D eigenvalue weighted by Gasteiger charge is 2.18. The highest BCUT2D eigenvalue weighted by molar-refractivity contribution is 7.92. The van der Waals surface area contributed by atoms with Gasteiger partial charge in [-0.05, 0) is 61.9 Å². The van der Waals surface area contributed by atoms with Crippen LogP contribution in [-0.2, 0) is 10.0 Å². The van der Waals surface area contributed by atoms with Gasteiger partial charge in [0.15, 0.2) is 6.10 Å². The first-order valence-corrected chi connectivity index (χ1v) is 9.47. The minimum atomic E-state index is -3.35. The van der Waals surface area contributed by atoms with E-state index < -0.39 is 16.1 Å². The number of carbonyl (C=O) groups is 1. The second-order valence-corrected chi connectivity index (χ2v) is 7.67. The molecule has 1 atom stereocenters. The molecule has 2 rings (SSSR count). The molecule has 0 aliphatic heterocycles. The summed E-state index contributed by atoms with van der Waals surface area (Å²) in [4.78, 5) is 12.4. The van der Waals surface area contributed by atoms with E-state index in [4.69, 9.17) is 16.3 Å². The number of carbonyl (C=O) groups excluding carboxylic acids is 1. The molecule has 0 spiro atoms. The van der Waals surface area contributed by atoms with Gasteiger partial charge >= 0.3 is 0 Å². The molecular formula is C17H18ClNO4S. The molecular weight excluding hydrogens is 350 g/mol. The molecule has 0 fully saturated rings. The fraction of sp³-hybridized carbons (Fsp3) is 0.235. The summed E-state index contributed by atoms with van der Waals surface area (Å²) >= 11 is 5.90. The molecule has 0 amide bonds. The Bertz CT molecular complexity index is 847. The van der Waals surface area contributed by atoms with Crippen LogP contribution in [0.25, 0.3) is 0 Å². The number of hydrogen-bond donors (Lipinski definition) is 1. The van der Waals surface area contributed by atoms with Crippen molar-refractivity contribution >= 4 is 33.1 Å². The highest BCUT2D eigenvalue weighted by atomic mass is 35.5. The van der Waals surface area contributed by atoms with Gasteiger partial charge in [-0.1, -0.05) is 11.6 Å². The number of sulfonamides is 1. The second-order valence-electron chi connectivity index (χ2n) is 5.49. The first kappa shape index (κ1) is 18.3. The Morgan fingerprint density at radius 2 is 1.79 bits per heavy atom. The predicted molar refractivity (Wildman–Crippen MR) is 95.5 cm³/mol. The van der Waals surface area contributed by atoms with Crippen molar-refractivity contribution in [3.63, 3.8) is 0 Å². The first-order chi connectivity index (χ1) is 11.2. The molecule has 0 aliphatic carbocycles. The van der Waals surface area contributed by atoms with Crippen LogP contribution >= 0.6 is 11.6 Å². The average Bonchev–Trinajstić information content (AvgIpc) is 2.48. The van der Waals surface area contributed by atoms with Gasteiger partial charge in [0.25, 0.3) is 0 Å². The first-order valence-electron chi connectivity index (χ1n) is 7.20. The van der Waals surface area contributed by atoms with Crippen molar-refractivity contribution in [3.05, 3.63) is 58.6 Å². The fourth-order valence-electron chi connectivity index (χ4n) is 2.14. The lowest BCUT2D eigenvalue weighted by molar-refractivity contribution is 0.0817. The van der Waals surface area contributed by atoms with E-state index in [9.17, 15) is 13.2 Å². The topological polar surface area (TPSA) is 72.5 Å². The van der Waals surface area contributed by atoms with Crippen LogP contribution in [-0.4, -0.2) is 26.6 Å². The van der Waals surface area contributed by atoms with E-state index in [-0.39, 0.29) is 5.78 Å². The lowest BCUT2D eigenvalue weighted by Gasteiger charge is -2.16. The maximum Gasteiger partial charge on any atom is 0.229 e. The number of rotatable bonds is 6. The fourth-order valence-corrected chi connectivity index (χ4v) is 2.93. The number of benzene rings is 2. The molecule has 0 bridgehead atoms. The molecule has 7 heteroatoms. The van der Waals surface area contributed by atoms with Crippen LogP contribution in [0.15, 0.2) is 42.5 Å². The third-order valence-corrected chi connectivity index (χ3v) is 4.12. The molecule has 0 unspecified atom stereocenters. The summed E-state index contributed by atoms with van der Waals surface area (Å²) in [5.41, 5.74) is 1.68. The van der Waals surface area contributed by atoms with E-state index in [1.165, 1.54) is 12.1 Å². The van der Waals surface area contributed by atoms with Crippen molar-refractivity contribution in [3.8, 4) is 5.75 Å². The Morgan fingerprint density at radius 3 is 2.33 bits per heavy atom. The van der Waals surface area contributed by atoms with Crippen LogP contribution in [0, 0.1) is 6.92 Å². The van der Waals surface area contributed by atoms with Gasteiger partial charge in [-0.15, -0.1) is 0 Å². The Labute approximate surface area is 146 Å². The van der Waals surface area contributed by atoms with Crippen LogP contribution in [0.2, 0.25) is 5.02 Å². The van der Waals surface area contributed by atoms with Crippen LogP contribution in [0.1, 0.15) is 22.8 Å². The highest BCUT2D eigenvalue weighted by Crippen LogP contribution is 2.23. The molecule has 0 aromatic heterocycles. The van der Waals surface area contributed by atoms with Crippen LogP contribution in [0.3, 0.4) is 0 Å². The lowest BCUT2D eigenvalue weighted by Crippen LogP contribution is -2.24. The zero-order valence-corrected chi connectivity index (χ0v) is 15.1. The molecule has 0 aliphatic rings. The summed E-state index contributed by atoms with van der Waals surface area (Å²) in [7, 11) is -3.35. The van der Waals surface area contributed by atoms with E-state index in [2.05, 4.69) is 4.72 Å². The maximum absolute atomic E-state index is 12.4. The maximum atomic E-state index is 12.4. The molecule has 0 radical (unpaired) electrons. The van der Waals surface area contributed by atoms with E-state index in [0.717, 1.165) is 11.8 Å². The summed E-state index contributed by atoms with van der Waals surface area (Å²) in [6.45, 7) is 3.52. The Balaban J connectivity index is 2.10. The minimum absolute atomic E-state index is 0.199. The van der Waals surface area contributed by atoms with Gasteiger partial charge < -0.3 is 4.74 Å². The van der Waals surface area contributed by atoms with E-state index in [1.54, 1.807) is 37.3 Å². The normalized spacial score (nSPS) is 12.5. The van der Waals surface area contributed by atoms with Crippen LogP contribution < -0.4 is 9.46 Å². The van der Waals surface area contributed by atoms with Crippen molar-refractivity contribution in [2.24, 2.45) is 0 Å². The Hall–Kier alpha value is -2.05. The summed E-state index contributed by atoms with van der Waals surface area (Å²) in [5, 5.41) is 0.604. The molecule has 5 nitrogen and oxygen atoms in total. The second kappa shape index (κ2) is 7.23. The largest absolute Gasteiger partial charge is 0.482 e. The molecule has 2 aromatic rings. The minimum Gasteiger partial charge on any atom is -0.482 e. The van der Waals surface area contributed by atoms with Crippen molar-refractivity contribution in [1.29, 1.82) is 0 Å². The van der Waals surface area contributed by atoms with Crippen molar-refractivity contribution in [2.75, 3.05) is 11.0 Å². The number of hydrogen-bond acceptors (Lipinski definition) is 4. The number of anilines is 1. The number of nitrogens with one attached hydrogen (secondary N) is 1. The lowest BCUT2D eigenvalue weighted by atomic mass is 10.1. The molecule has 24 heavy (non-hydrogen) atoms. The van der Waals surface area contributed by atoms with Gasteiger partial charge in [0, 0.05) is 16.3 Å². The standard InChI is InChI=1S/C17H18ClNO4S/c1-11-10-14(18)6-9-16(11)23-12(2)17(20)13-4-7-15(8-5-13)19-24(3,21)22/h4-10,12,19H,1-3H3/t12-/m0/s1. The zero-order chi connectivity index (χ0) is 17.9. The van der Waals surface area contributed by atoms with E-state index in [0.29, 0.717) is 22.0 Å². The van der Waals surface area contributed by atoms with Crippen molar-refractivity contribution in [1.82, 2.24) is 0 Å². The van der Waals surface area contributed by atoms with Gasteiger partial charge in [0.2, 0.25) is 15.8 Å². The molecule has 0 saturated carbocycles. The monoisotopic (exact) mass is 367 g/mol. The third-order valence-electron chi connectivity index (χ3n) is 3.28. The summed E-state index contributed by atoms with van der Waals surface area (Å²) < 4.78 is 30.4. The Morgan fingerprint density at radius 1 is 1.17 bits per heavy atom. The number of ether oxygens (including phenoxy) is 1. The van der Waals surface area contributed by atoms with E-state index in [1.807, 2.05) is 6.92 Å². The summed E-state index contributed by atoms with van der Waals surface area (Å²) in [6, 6.07) is 11.4. The van der Waals surface area contributed by atoms with Gasteiger partial charge in [-0.3, -0.25) is 9.52 Å². The number of ketones is 1. The van der Waals surface area contributed by atoms with Crippen LogP contribution in [0.4, 0.5) is 5.69 Å². The molecule has 2 aromatic carbocycles. The molecule has 0 saturated heterocycles. The predicted octanol–water partition coefficient (Wildman–Crippen LogP) is 3.67. The molecule has 0 heterocycles. The third kappa shape index (κ3) is 4.97. The van der Waals surface area contributed by atoms with Gasteiger partial charge in [-0.2, -0.15) is 0 Å². The number of aryl methyl sites for hydroxylation is 1. The molecule has 1 N–H and O–H groups in total. The van der Waals surface area contributed by atoms with E-state index >= 15 is 0 Å². The number of halogens is 1. The Kier molecular flexibility index (Phi) is 5.51. The van der Waals surface area contributed by atoms with Crippen LogP contribution in [0.5, 0.6) is 5.75 Å². The SMILES string of the molecule is Cc1cc(Cl)ccc1O[C@@H](C)C(=O)c1ccc(NS(C)(=O)=O)cc1. The number of Topliss-reactive ketones (excluding diaryl/α,β-unsaturated/α-hetero) is 1. The van der Waals surface area contributed by atoms with Gasteiger partial charge in [-0.25, -0.2) is 8.42 Å². The zero-order valence-electron chi connectivity index (χ0n) is 13.5.